The number of benzene rings is 2. The molecule has 29 heavy (non-hydrogen) atoms. The van der Waals surface area contributed by atoms with Gasteiger partial charge in [0.2, 0.25) is 0 Å². The van der Waals surface area contributed by atoms with Crippen molar-refractivity contribution in [2.24, 2.45) is 0 Å². The highest BCUT2D eigenvalue weighted by Crippen LogP contribution is 2.31. The van der Waals surface area contributed by atoms with E-state index in [1.807, 2.05) is 54.8 Å². The number of hydrogen-bond donors (Lipinski definition) is 1. The largest absolute Gasteiger partial charge is 0.463 e. The van der Waals surface area contributed by atoms with E-state index in [2.05, 4.69) is 15.3 Å². The summed E-state index contributed by atoms with van der Waals surface area (Å²) in [4.78, 5) is 22.3. The number of anilines is 1. The number of nitrogens with zero attached hydrogens (tertiary/aromatic N) is 2. The number of pyridine rings is 1. The number of nitrogens with one attached hydrogen (secondary N) is 1. The van der Waals surface area contributed by atoms with Gasteiger partial charge in [0.05, 0.1) is 27.6 Å². The first kappa shape index (κ1) is 17.9. The second-order valence-electron chi connectivity index (χ2n) is 6.37. The van der Waals surface area contributed by atoms with Crippen molar-refractivity contribution in [3.8, 4) is 11.5 Å². The van der Waals surface area contributed by atoms with Gasteiger partial charge in [-0.05, 0) is 48.7 Å². The first-order valence-electron chi connectivity index (χ1n) is 8.91. The van der Waals surface area contributed by atoms with E-state index in [0.717, 1.165) is 31.1 Å². The van der Waals surface area contributed by atoms with Crippen molar-refractivity contribution < 1.29 is 9.21 Å². The first-order chi connectivity index (χ1) is 14.2. The van der Waals surface area contributed by atoms with Crippen LogP contribution in [0.1, 0.15) is 10.4 Å². The third kappa shape index (κ3) is 3.39. The van der Waals surface area contributed by atoms with Gasteiger partial charge in [-0.3, -0.25) is 4.79 Å². The van der Waals surface area contributed by atoms with Gasteiger partial charge in [-0.15, -0.1) is 11.3 Å². The molecule has 1 N–H and O–H groups in total. The second-order valence-corrected chi connectivity index (χ2v) is 8.45. The van der Waals surface area contributed by atoms with E-state index < -0.39 is 0 Å². The van der Waals surface area contributed by atoms with Crippen LogP contribution in [-0.2, 0) is 0 Å². The van der Waals surface area contributed by atoms with Crippen molar-refractivity contribution in [3.05, 3.63) is 72.5 Å². The molecular formula is C22H15N3O2S2. The highest BCUT2D eigenvalue weighted by atomic mass is 32.2. The number of hydrogen-bond acceptors (Lipinski definition) is 6. The number of furan rings is 1. The van der Waals surface area contributed by atoms with E-state index in [0.29, 0.717) is 17.0 Å². The smallest absolute Gasteiger partial charge is 0.256 e. The number of carbonyl (C=O) groups is 1. The molecule has 7 heteroatoms. The third-order valence-corrected chi connectivity index (χ3v) is 6.54. The normalized spacial score (nSPS) is 11.2. The average molecular weight is 418 g/mol. The third-order valence-electron chi connectivity index (χ3n) is 4.54. The summed E-state index contributed by atoms with van der Waals surface area (Å²) < 4.78 is 7.53. The molecule has 0 saturated heterocycles. The lowest BCUT2D eigenvalue weighted by atomic mass is 10.1. The lowest BCUT2D eigenvalue weighted by molar-refractivity contribution is 0.102. The molecule has 0 bridgehead atoms. The van der Waals surface area contributed by atoms with Gasteiger partial charge >= 0.3 is 0 Å². The van der Waals surface area contributed by atoms with Crippen LogP contribution in [0, 0.1) is 0 Å². The minimum atomic E-state index is -0.189. The number of fused-ring (bicyclic) bond motifs is 2. The fraction of sp³-hybridized carbons (Fsp3) is 0.0455. The molecule has 0 spiro atoms. The Labute approximate surface area is 174 Å². The zero-order valence-electron chi connectivity index (χ0n) is 15.4. The van der Waals surface area contributed by atoms with Crippen molar-refractivity contribution in [3.63, 3.8) is 0 Å². The fourth-order valence-corrected chi connectivity index (χ4v) is 4.71. The highest BCUT2D eigenvalue weighted by molar-refractivity contribution is 8.00. The summed E-state index contributed by atoms with van der Waals surface area (Å²) in [6, 6.07) is 18.8. The molecule has 0 radical (unpaired) electrons. The predicted octanol–water partition coefficient (Wildman–Crippen LogP) is 6.08. The van der Waals surface area contributed by atoms with Crippen molar-refractivity contribution in [1.29, 1.82) is 0 Å². The Balaban J connectivity index is 1.55. The summed E-state index contributed by atoms with van der Waals surface area (Å²) in [5.74, 6) is 0.436. The van der Waals surface area contributed by atoms with Crippen molar-refractivity contribution >= 4 is 55.8 Å². The monoisotopic (exact) mass is 417 g/mol. The lowest BCUT2D eigenvalue weighted by Crippen LogP contribution is -2.13. The Morgan fingerprint density at radius 3 is 2.76 bits per heavy atom. The van der Waals surface area contributed by atoms with Gasteiger partial charge in [0, 0.05) is 11.1 Å². The number of carbonyl (C=O) groups excluding carboxylic acids is 1. The molecule has 3 heterocycles. The van der Waals surface area contributed by atoms with Gasteiger partial charge in [-0.1, -0.05) is 30.0 Å². The molecule has 2 aromatic carbocycles. The molecule has 5 nitrogen and oxygen atoms in total. The number of para-hydroxylation sites is 1. The number of amides is 1. The predicted molar refractivity (Wildman–Crippen MR) is 119 cm³/mol. The molecule has 5 rings (SSSR count). The molecule has 3 aromatic heterocycles. The molecular weight excluding hydrogens is 402 g/mol. The molecule has 1 amide bonds. The van der Waals surface area contributed by atoms with E-state index in [1.54, 1.807) is 41.5 Å². The molecule has 0 saturated carbocycles. The molecule has 0 aliphatic heterocycles. The molecule has 142 valence electrons. The first-order valence-corrected chi connectivity index (χ1v) is 10.9. The van der Waals surface area contributed by atoms with Gasteiger partial charge in [-0.2, -0.15) is 0 Å². The lowest BCUT2D eigenvalue weighted by Gasteiger charge is -2.10. The summed E-state index contributed by atoms with van der Waals surface area (Å²) >= 11 is 3.23. The Morgan fingerprint density at radius 1 is 1.03 bits per heavy atom. The van der Waals surface area contributed by atoms with Crippen LogP contribution in [0.25, 0.3) is 32.6 Å². The maximum Gasteiger partial charge on any atom is 0.256 e. The van der Waals surface area contributed by atoms with Gasteiger partial charge in [0.1, 0.15) is 5.69 Å². The zero-order chi connectivity index (χ0) is 19.8. The van der Waals surface area contributed by atoms with E-state index in [9.17, 15) is 4.79 Å². The standard InChI is InChI=1S/C22H15N3O2S2/c1-28-22-25-17-9-8-13(11-20(17)29-22)23-21(26)15-12-18(19-7-4-10-27-19)24-16-6-3-2-5-14(15)16/h2-12H,1H3,(H,23,26). The summed E-state index contributed by atoms with van der Waals surface area (Å²) in [6.07, 6.45) is 3.60. The van der Waals surface area contributed by atoms with E-state index in [1.165, 1.54) is 0 Å². The topological polar surface area (TPSA) is 68.0 Å². The average Bonchev–Trinajstić information content (AvgIpc) is 3.42. The fourth-order valence-electron chi connectivity index (χ4n) is 3.18. The van der Waals surface area contributed by atoms with Crippen LogP contribution >= 0.6 is 23.1 Å². The Kier molecular flexibility index (Phi) is 4.54. The Hall–Kier alpha value is -3.16. The highest BCUT2D eigenvalue weighted by Gasteiger charge is 2.16. The van der Waals surface area contributed by atoms with E-state index in [-0.39, 0.29) is 5.91 Å². The van der Waals surface area contributed by atoms with Crippen molar-refractivity contribution in [1.82, 2.24) is 9.97 Å². The summed E-state index contributed by atoms with van der Waals surface area (Å²) in [7, 11) is 0. The molecule has 0 aliphatic rings. The SMILES string of the molecule is CSc1nc2ccc(NC(=O)c3cc(-c4ccco4)nc4ccccc34)cc2s1. The quantitative estimate of drug-likeness (QED) is 0.359. The molecule has 0 atom stereocenters. The molecule has 0 aliphatic carbocycles. The van der Waals surface area contributed by atoms with Crippen LogP contribution in [0.5, 0.6) is 0 Å². The minimum absolute atomic E-state index is 0.189. The van der Waals surface area contributed by atoms with Gasteiger partial charge in [-0.25, -0.2) is 9.97 Å². The second kappa shape index (κ2) is 7.35. The Morgan fingerprint density at radius 2 is 1.93 bits per heavy atom. The number of thiazole rings is 1. The van der Waals surface area contributed by atoms with Crippen LogP contribution in [0.2, 0.25) is 0 Å². The maximum absolute atomic E-state index is 13.2. The summed E-state index contributed by atoms with van der Waals surface area (Å²) in [6.45, 7) is 0. The summed E-state index contributed by atoms with van der Waals surface area (Å²) in [5, 5.41) is 3.81. The maximum atomic E-state index is 13.2. The molecule has 0 unspecified atom stereocenters. The molecule has 5 aromatic rings. The van der Waals surface area contributed by atoms with Gasteiger partial charge in [0.15, 0.2) is 10.1 Å². The van der Waals surface area contributed by atoms with Gasteiger partial charge in [0.25, 0.3) is 5.91 Å². The zero-order valence-corrected chi connectivity index (χ0v) is 17.0. The molecule has 0 fully saturated rings. The van der Waals surface area contributed by atoms with Crippen LogP contribution in [-0.4, -0.2) is 22.1 Å². The van der Waals surface area contributed by atoms with Crippen LogP contribution < -0.4 is 5.32 Å². The van der Waals surface area contributed by atoms with Crippen molar-refractivity contribution in [2.45, 2.75) is 4.34 Å². The van der Waals surface area contributed by atoms with Gasteiger partial charge < -0.3 is 9.73 Å². The van der Waals surface area contributed by atoms with Crippen LogP contribution in [0.15, 0.2) is 75.7 Å². The number of thioether (sulfide) groups is 1. The van der Waals surface area contributed by atoms with E-state index in [4.69, 9.17) is 4.42 Å². The summed E-state index contributed by atoms with van der Waals surface area (Å²) in [5.41, 5.74) is 3.60. The van der Waals surface area contributed by atoms with Crippen LogP contribution in [0.3, 0.4) is 0 Å². The number of rotatable bonds is 4. The minimum Gasteiger partial charge on any atom is -0.463 e. The van der Waals surface area contributed by atoms with Crippen molar-refractivity contribution in [2.75, 3.05) is 11.6 Å². The number of aromatic nitrogens is 2. The van der Waals surface area contributed by atoms with E-state index >= 15 is 0 Å². The Bertz CT molecular complexity index is 1340. The van der Waals surface area contributed by atoms with Crippen LogP contribution in [0.4, 0.5) is 5.69 Å².